The molecule has 0 atom stereocenters. The minimum Gasteiger partial charge on any atom is -0.493 e. The molecule has 0 radical (unpaired) electrons. The van der Waals surface area contributed by atoms with Crippen molar-refractivity contribution in [3.63, 3.8) is 0 Å². The summed E-state index contributed by atoms with van der Waals surface area (Å²) in [6, 6.07) is 18.5. The van der Waals surface area contributed by atoms with Crippen molar-refractivity contribution < 1.29 is 28.6 Å². The molecule has 1 heterocycles. The van der Waals surface area contributed by atoms with Crippen LogP contribution in [0.3, 0.4) is 0 Å². The number of urea groups is 1. The van der Waals surface area contributed by atoms with Crippen LogP contribution in [0.4, 0.5) is 10.5 Å². The van der Waals surface area contributed by atoms with Gasteiger partial charge in [-0.15, -0.1) is 0 Å². The molecule has 3 aromatic rings. The van der Waals surface area contributed by atoms with Crippen LogP contribution in [0.15, 0.2) is 76.8 Å². The normalized spacial score (nSPS) is 14.6. The lowest BCUT2D eigenvalue weighted by atomic mass is 10.1. The fourth-order valence-corrected chi connectivity index (χ4v) is 3.83. The highest BCUT2D eigenvalue weighted by Crippen LogP contribution is 2.30. The number of para-hydroxylation sites is 1. The van der Waals surface area contributed by atoms with Crippen LogP contribution < -0.4 is 24.4 Å². The minimum absolute atomic E-state index is 0.181. The van der Waals surface area contributed by atoms with Gasteiger partial charge >= 0.3 is 6.03 Å². The summed E-state index contributed by atoms with van der Waals surface area (Å²) in [6.45, 7) is 2.60. The molecule has 4 amide bonds. The summed E-state index contributed by atoms with van der Waals surface area (Å²) < 4.78 is 17.8. The van der Waals surface area contributed by atoms with Gasteiger partial charge in [0.05, 0.1) is 12.8 Å². The van der Waals surface area contributed by atoms with Crippen molar-refractivity contribution in [2.75, 3.05) is 25.2 Å². The van der Waals surface area contributed by atoms with Gasteiger partial charge in [0.2, 0.25) is 0 Å². The number of nitrogens with one attached hydrogen (secondary N) is 1. The summed E-state index contributed by atoms with van der Waals surface area (Å²) in [4.78, 5) is 38.8. The SMILES string of the molecule is COc1cc(/C=C2/C(=O)NC(=O)N(c3ccc(Br)cc3)C2=O)ccc1OCCOc1ccccc1C. The maximum Gasteiger partial charge on any atom is 0.335 e. The Kier molecular flexibility index (Phi) is 7.70. The summed E-state index contributed by atoms with van der Waals surface area (Å²) in [7, 11) is 1.50. The zero-order chi connectivity index (χ0) is 25.7. The van der Waals surface area contributed by atoms with E-state index in [2.05, 4.69) is 21.2 Å². The second-order valence-electron chi connectivity index (χ2n) is 7.81. The van der Waals surface area contributed by atoms with Crippen molar-refractivity contribution in [1.82, 2.24) is 5.32 Å². The fourth-order valence-electron chi connectivity index (χ4n) is 3.56. The van der Waals surface area contributed by atoms with E-state index in [1.165, 1.54) is 13.2 Å². The number of hydrogen-bond donors (Lipinski definition) is 1. The third-order valence-electron chi connectivity index (χ3n) is 5.38. The highest BCUT2D eigenvalue weighted by Gasteiger charge is 2.36. The number of nitrogens with zero attached hydrogens (tertiary/aromatic N) is 1. The molecule has 0 spiro atoms. The molecule has 3 aromatic carbocycles. The molecule has 1 saturated heterocycles. The number of carbonyl (C=O) groups excluding carboxylic acids is 3. The van der Waals surface area contributed by atoms with E-state index in [4.69, 9.17) is 14.2 Å². The molecule has 0 aromatic heterocycles. The number of halogens is 1. The monoisotopic (exact) mass is 550 g/mol. The Morgan fingerprint density at radius 2 is 1.58 bits per heavy atom. The third-order valence-corrected chi connectivity index (χ3v) is 5.91. The van der Waals surface area contributed by atoms with E-state index in [9.17, 15) is 14.4 Å². The highest BCUT2D eigenvalue weighted by atomic mass is 79.9. The van der Waals surface area contributed by atoms with Gasteiger partial charge in [-0.05, 0) is 66.6 Å². The van der Waals surface area contributed by atoms with Crippen molar-refractivity contribution in [1.29, 1.82) is 0 Å². The Bertz CT molecular complexity index is 1340. The number of hydrogen-bond acceptors (Lipinski definition) is 6. The van der Waals surface area contributed by atoms with Gasteiger partial charge in [0, 0.05) is 4.47 Å². The number of rotatable bonds is 8. The largest absolute Gasteiger partial charge is 0.493 e. The molecule has 8 nitrogen and oxygen atoms in total. The number of barbiturate groups is 1. The number of amides is 4. The van der Waals surface area contributed by atoms with Crippen LogP contribution in [-0.4, -0.2) is 38.2 Å². The first-order valence-corrected chi connectivity index (χ1v) is 11.8. The van der Waals surface area contributed by atoms with Crippen molar-refractivity contribution in [2.45, 2.75) is 6.92 Å². The van der Waals surface area contributed by atoms with Crippen LogP contribution >= 0.6 is 15.9 Å². The van der Waals surface area contributed by atoms with Gasteiger partial charge in [-0.2, -0.15) is 0 Å². The van der Waals surface area contributed by atoms with Crippen molar-refractivity contribution in [3.8, 4) is 17.2 Å². The first-order chi connectivity index (χ1) is 17.4. The van der Waals surface area contributed by atoms with Gasteiger partial charge in [-0.1, -0.05) is 40.2 Å². The zero-order valence-corrected chi connectivity index (χ0v) is 21.2. The van der Waals surface area contributed by atoms with Gasteiger partial charge < -0.3 is 14.2 Å². The fraction of sp³-hybridized carbons (Fsp3) is 0.148. The number of benzene rings is 3. The molecule has 4 rings (SSSR count). The van der Waals surface area contributed by atoms with Gasteiger partial charge in [-0.25, -0.2) is 9.69 Å². The molecule has 0 bridgehead atoms. The van der Waals surface area contributed by atoms with Crippen LogP contribution in [0.1, 0.15) is 11.1 Å². The first-order valence-electron chi connectivity index (χ1n) is 11.0. The summed E-state index contributed by atoms with van der Waals surface area (Å²) in [5.74, 6) is 0.203. The average molecular weight is 551 g/mol. The average Bonchev–Trinajstić information content (AvgIpc) is 2.87. The van der Waals surface area contributed by atoms with Crippen molar-refractivity contribution in [3.05, 3.63) is 87.9 Å². The van der Waals surface area contributed by atoms with Crippen molar-refractivity contribution in [2.24, 2.45) is 0 Å². The Labute approximate surface area is 216 Å². The molecule has 0 aliphatic carbocycles. The van der Waals surface area contributed by atoms with E-state index in [0.29, 0.717) is 29.4 Å². The Morgan fingerprint density at radius 3 is 2.28 bits per heavy atom. The second-order valence-corrected chi connectivity index (χ2v) is 8.72. The molecule has 0 unspecified atom stereocenters. The summed E-state index contributed by atoms with van der Waals surface area (Å²) in [5.41, 5.74) is 1.72. The summed E-state index contributed by atoms with van der Waals surface area (Å²) in [5, 5.41) is 2.21. The van der Waals surface area contributed by atoms with Crippen LogP contribution in [-0.2, 0) is 9.59 Å². The summed E-state index contributed by atoms with van der Waals surface area (Å²) >= 11 is 3.32. The quantitative estimate of drug-likeness (QED) is 0.244. The maximum absolute atomic E-state index is 13.1. The van der Waals surface area contributed by atoms with E-state index in [1.807, 2.05) is 31.2 Å². The van der Waals surface area contributed by atoms with Crippen LogP contribution in [0.25, 0.3) is 6.08 Å². The molecule has 1 N–H and O–H groups in total. The molecule has 184 valence electrons. The van der Waals surface area contributed by atoms with E-state index in [1.54, 1.807) is 42.5 Å². The van der Waals surface area contributed by atoms with Gasteiger partial charge in [0.25, 0.3) is 11.8 Å². The minimum atomic E-state index is -0.807. The van der Waals surface area contributed by atoms with E-state index in [0.717, 1.165) is 20.7 Å². The smallest absolute Gasteiger partial charge is 0.335 e. The Morgan fingerprint density at radius 1 is 0.889 bits per heavy atom. The molecule has 0 saturated carbocycles. The number of aryl methyl sites for hydroxylation is 1. The molecular formula is C27H23BrN2O6. The number of carbonyl (C=O) groups is 3. The molecule has 1 fully saturated rings. The standard InChI is InChI=1S/C27H23BrN2O6/c1-17-5-3-4-6-22(17)35-13-14-36-23-12-7-18(16-24(23)34-2)15-21-25(31)29-27(33)30(26(21)32)20-10-8-19(28)9-11-20/h3-12,15-16H,13-14H2,1-2H3,(H,29,31,33)/b21-15-. The number of ether oxygens (including phenoxy) is 3. The zero-order valence-electron chi connectivity index (χ0n) is 19.6. The molecular weight excluding hydrogens is 528 g/mol. The predicted molar refractivity (Wildman–Crippen MR) is 138 cm³/mol. The van der Waals surface area contributed by atoms with Crippen molar-refractivity contribution >= 4 is 45.5 Å². The first kappa shape index (κ1) is 25.0. The van der Waals surface area contributed by atoms with Gasteiger partial charge in [0.15, 0.2) is 11.5 Å². The molecule has 9 heteroatoms. The maximum atomic E-state index is 13.1. The van der Waals surface area contributed by atoms with Crippen LogP contribution in [0, 0.1) is 6.92 Å². The lowest BCUT2D eigenvalue weighted by Gasteiger charge is -2.26. The lowest BCUT2D eigenvalue weighted by Crippen LogP contribution is -2.54. The third kappa shape index (κ3) is 5.58. The molecule has 1 aliphatic rings. The van der Waals surface area contributed by atoms with Crippen LogP contribution in [0.5, 0.6) is 17.2 Å². The van der Waals surface area contributed by atoms with E-state index < -0.39 is 17.8 Å². The number of methoxy groups -OCH3 is 1. The number of imide groups is 2. The Balaban J connectivity index is 1.48. The second kappa shape index (κ2) is 11.1. The van der Waals surface area contributed by atoms with E-state index in [-0.39, 0.29) is 12.2 Å². The van der Waals surface area contributed by atoms with Crippen LogP contribution in [0.2, 0.25) is 0 Å². The number of anilines is 1. The molecule has 36 heavy (non-hydrogen) atoms. The lowest BCUT2D eigenvalue weighted by molar-refractivity contribution is -0.122. The predicted octanol–water partition coefficient (Wildman–Crippen LogP) is 4.89. The Hall–Kier alpha value is -4.11. The topological polar surface area (TPSA) is 94.2 Å². The molecule has 1 aliphatic heterocycles. The summed E-state index contributed by atoms with van der Waals surface area (Å²) in [6.07, 6.45) is 1.41. The van der Waals surface area contributed by atoms with E-state index >= 15 is 0 Å². The van der Waals surface area contributed by atoms with Gasteiger partial charge in [0.1, 0.15) is 24.5 Å². The highest BCUT2D eigenvalue weighted by molar-refractivity contribution is 9.10. The van der Waals surface area contributed by atoms with Gasteiger partial charge in [-0.3, -0.25) is 14.9 Å².